The molecule has 0 unspecified atom stereocenters. The molecule has 0 aliphatic heterocycles. The van der Waals surface area contributed by atoms with Crippen molar-refractivity contribution < 1.29 is 29.0 Å². The van der Waals surface area contributed by atoms with Crippen LogP contribution in [-0.4, -0.2) is 46.1 Å². The quantitative estimate of drug-likeness (QED) is 0.240. The molecule has 2 N–H and O–H groups in total. The average molecular weight is 620 g/mol. The van der Waals surface area contributed by atoms with Gasteiger partial charge in [-0.05, 0) is 67.1 Å². The summed E-state index contributed by atoms with van der Waals surface area (Å²) in [7, 11) is 0. The fourth-order valence-electron chi connectivity index (χ4n) is 5.38. The number of carbonyl (C=O) groups excluding carboxylic acids is 2. The number of amides is 1. The third-order valence-corrected chi connectivity index (χ3v) is 7.78. The Hall–Kier alpha value is -4.11. The highest BCUT2D eigenvalue weighted by Gasteiger charge is 2.31. The molecule has 1 amide bonds. The molecule has 1 aliphatic carbocycles. The van der Waals surface area contributed by atoms with Gasteiger partial charge in [-0.3, -0.25) is 4.57 Å². The molecule has 0 fully saturated rings. The Kier molecular flexibility index (Phi) is 7.66. The molecule has 0 saturated heterocycles. The van der Waals surface area contributed by atoms with E-state index >= 15 is 0 Å². The van der Waals surface area contributed by atoms with E-state index in [1.807, 2.05) is 67.6 Å². The highest BCUT2D eigenvalue weighted by Crippen LogP contribution is 2.44. The highest BCUT2D eigenvalue weighted by atomic mass is 79.9. The van der Waals surface area contributed by atoms with Crippen molar-refractivity contribution in [2.75, 3.05) is 6.61 Å². The van der Waals surface area contributed by atoms with Crippen molar-refractivity contribution in [3.8, 4) is 11.1 Å². The Bertz CT molecular complexity index is 1620. The Balaban J connectivity index is 1.36. The summed E-state index contributed by atoms with van der Waals surface area (Å²) in [6.45, 7) is 7.26. The van der Waals surface area contributed by atoms with Crippen LogP contribution in [-0.2, 0) is 20.7 Å². The molecule has 0 radical (unpaired) electrons. The maximum Gasteiger partial charge on any atom is 0.419 e. The molecule has 9 heteroatoms. The minimum absolute atomic E-state index is 0.0644. The van der Waals surface area contributed by atoms with Gasteiger partial charge >= 0.3 is 18.2 Å². The number of aromatic nitrogens is 1. The van der Waals surface area contributed by atoms with Crippen LogP contribution in [0.4, 0.5) is 9.59 Å². The molecule has 41 heavy (non-hydrogen) atoms. The summed E-state index contributed by atoms with van der Waals surface area (Å²) < 4.78 is 13.3. The first kappa shape index (κ1) is 28.4. The van der Waals surface area contributed by atoms with Gasteiger partial charge in [0, 0.05) is 28.4 Å². The first-order valence-corrected chi connectivity index (χ1v) is 14.1. The number of hydrogen-bond donors (Lipinski definition) is 2. The fourth-order valence-corrected chi connectivity index (χ4v) is 5.96. The van der Waals surface area contributed by atoms with Gasteiger partial charge in [0.25, 0.3) is 0 Å². The van der Waals surface area contributed by atoms with E-state index in [1.54, 1.807) is 27.0 Å². The third kappa shape index (κ3) is 5.72. The SMILES string of the molecule is Cc1ccc(Br)c2c(C[C@H](NC(=O)OCC3c4ccccc4-c4ccccc43)C(=O)O)cn(C(=O)OC(C)(C)C)c12. The lowest BCUT2D eigenvalue weighted by molar-refractivity contribution is -0.139. The Morgan fingerprint density at radius 2 is 1.61 bits per heavy atom. The summed E-state index contributed by atoms with van der Waals surface area (Å²) >= 11 is 3.55. The van der Waals surface area contributed by atoms with Crippen LogP contribution in [0.5, 0.6) is 0 Å². The van der Waals surface area contributed by atoms with Crippen LogP contribution in [0, 0.1) is 6.92 Å². The lowest BCUT2D eigenvalue weighted by Gasteiger charge is -2.20. The Morgan fingerprint density at radius 3 is 2.20 bits per heavy atom. The second-order valence-corrected chi connectivity index (χ2v) is 12.0. The lowest BCUT2D eigenvalue weighted by Crippen LogP contribution is -2.42. The minimum Gasteiger partial charge on any atom is -0.480 e. The summed E-state index contributed by atoms with van der Waals surface area (Å²) in [6, 6.07) is 18.4. The van der Waals surface area contributed by atoms with Crippen molar-refractivity contribution >= 4 is 45.0 Å². The van der Waals surface area contributed by atoms with E-state index in [9.17, 15) is 19.5 Å². The van der Waals surface area contributed by atoms with Gasteiger partial charge in [0.1, 0.15) is 18.2 Å². The zero-order chi connectivity index (χ0) is 29.5. The number of carboxylic acids is 1. The number of carbonyl (C=O) groups is 3. The van der Waals surface area contributed by atoms with Crippen LogP contribution in [0.3, 0.4) is 0 Å². The topological polar surface area (TPSA) is 107 Å². The van der Waals surface area contributed by atoms with Crippen molar-refractivity contribution in [3.63, 3.8) is 0 Å². The number of benzene rings is 3. The van der Waals surface area contributed by atoms with Gasteiger partial charge in [0.15, 0.2) is 0 Å². The third-order valence-electron chi connectivity index (χ3n) is 7.12. The number of fused-ring (bicyclic) bond motifs is 4. The molecular formula is C32H31BrN2O6. The first-order chi connectivity index (χ1) is 19.4. The number of aryl methyl sites for hydroxylation is 1. The van der Waals surface area contributed by atoms with Crippen LogP contribution in [0.25, 0.3) is 22.0 Å². The molecule has 8 nitrogen and oxygen atoms in total. The number of hydrogen-bond acceptors (Lipinski definition) is 5. The number of halogens is 1. The number of carboxylic acid groups (broad SMARTS) is 1. The van der Waals surface area contributed by atoms with E-state index < -0.39 is 29.8 Å². The van der Waals surface area contributed by atoms with Gasteiger partial charge < -0.3 is 19.9 Å². The van der Waals surface area contributed by atoms with Crippen molar-refractivity contribution in [2.45, 2.75) is 51.7 Å². The molecule has 0 spiro atoms. The van der Waals surface area contributed by atoms with Crippen LogP contribution < -0.4 is 5.32 Å². The molecule has 1 heterocycles. The Morgan fingerprint density at radius 1 is 1.00 bits per heavy atom. The largest absolute Gasteiger partial charge is 0.480 e. The number of nitrogens with one attached hydrogen (secondary N) is 1. The van der Waals surface area contributed by atoms with Crippen molar-refractivity contribution in [2.24, 2.45) is 0 Å². The van der Waals surface area contributed by atoms with Crippen LogP contribution in [0.1, 0.15) is 48.9 Å². The molecule has 1 atom stereocenters. The standard InChI is InChI=1S/C32H31BrN2O6/c1-18-13-14-25(33)27-19(16-35(28(18)27)31(39)41-32(2,3)4)15-26(29(36)37)34-30(38)40-17-24-22-11-7-5-9-20(22)21-10-6-8-12-23(21)24/h5-14,16,24,26H,15,17H2,1-4H3,(H,34,38)(H,36,37)/t26-/m0/s1. The smallest absolute Gasteiger partial charge is 0.419 e. The van der Waals surface area contributed by atoms with Crippen LogP contribution in [0.2, 0.25) is 0 Å². The molecule has 0 saturated carbocycles. The van der Waals surface area contributed by atoms with Crippen molar-refractivity contribution in [1.29, 1.82) is 0 Å². The van der Waals surface area contributed by atoms with Gasteiger partial charge in [-0.15, -0.1) is 0 Å². The molecule has 0 bridgehead atoms. The average Bonchev–Trinajstić information content (AvgIpc) is 3.45. The first-order valence-electron chi connectivity index (χ1n) is 13.3. The zero-order valence-electron chi connectivity index (χ0n) is 23.2. The summed E-state index contributed by atoms with van der Waals surface area (Å²) in [4.78, 5) is 38.2. The summed E-state index contributed by atoms with van der Waals surface area (Å²) in [6.07, 6.45) is 0.0939. The number of rotatable bonds is 6. The second kappa shape index (κ2) is 11.0. The summed E-state index contributed by atoms with van der Waals surface area (Å²) in [5, 5.41) is 13.2. The minimum atomic E-state index is -1.30. The number of nitrogens with zero attached hydrogens (tertiary/aromatic N) is 1. The van der Waals surface area contributed by atoms with Gasteiger partial charge in [-0.2, -0.15) is 0 Å². The normalized spacial score (nSPS) is 13.4. The summed E-state index contributed by atoms with van der Waals surface area (Å²) in [5.74, 6) is -1.37. The molecular weight excluding hydrogens is 588 g/mol. The number of alkyl carbamates (subject to hydrolysis) is 1. The predicted molar refractivity (Wildman–Crippen MR) is 159 cm³/mol. The molecule has 212 valence electrons. The summed E-state index contributed by atoms with van der Waals surface area (Å²) in [5.41, 5.74) is 5.59. The van der Waals surface area contributed by atoms with E-state index in [1.165, 1.54) is 4.57 Å². The van der Waals surface area contributed by atoms with Crippen molar-refractivity contribution in [3.05, 3.63) is 93.6 Å². The molecule has 1 aliphatic rings. The predicted octanol–water partition coefficient (Wildman–Crippen LogP) is 7.03. The maximum absolute atomic E-state index is 13.1. The van der Waals surface area contributed by atoms with Crippen LogP contribution >= 0.6 is 15.9 Å². The van der Waals surface area contributed by atoms with E-state index in [0.29, 0.717) is 20.9 Å². The monoisotopic (exact) mass is 618 g/mol. The number of aliphatic carboxylic acids is 1. The van der Waals surface area contributed by atoms with Gasteiger partial charge in [0.2, 0.25) is 0 Å². The maximum atomic E-state index is 13.1. The van der Waals surface area contributed by atoms with E-state index in [4.69, 9.17) is 9.47 Å². The number of ether oxygens (including phenoxy) is 2. The Labute approximate surface area is 246 Å². The van der Waals surface area contributed by atoms with E-state index in [0.717, 1.165) is 27.8 Å². The van der Waals surface area contributed by atoms with E-state index in [2.05, 4.69) is 21.2 Å². The van der Waals surface area contributed by atoms with E-state index in [-0.39, 0.29) is 18.9 Å². The van der Waals surface area contributed by atoms with Crippen LogP contribution in [0.15, 0.2) is 71.3 Å². The molecule has 1 aromatic heterocycles. The lowest BCUT2D eigenvalue weighted by atomic mass is 9.98. The second-order valence-electron chi connectivity index (χ2n) is 11.2. The van der Waals surface area contributed by atoms with Crippen molar-refractivity contribution in [1.82, 2.24) is 9.88 Å². The highest BCUT2D eigenvalue weighted by molar-refractivity contribution is 9.10. The molecule has 4 aromatic rings. The van der Waals surface area contributed by atoms with Gasteiger partial charge in [-0.1, -0.05) is 70.5 Å². The fraction of sp³-hybridized carbons (Fsp3) is 0.281. The molecule has 5 rings (SSSR count). The molecule has 3 aromatic carbocycles. The zero-order valence-corrected chi connectivity index (χ0v) is 24.8. The van der Waals surface area contributed by atoms with Gasteiger partial charge in [-0.25, -0.2) is 14.4 Å². The van der Waals surface area contributed by atoms with Gasteiger partial charge in [0.05, 0.1) is 5.52 Å².